The van der Waals surface area contributed by atoms with Crippen molar-refractivity contribution in [2.45, 2.75) is 6.42 Å². The van der Waals surface area contributed by atoms with E-state index in [2.05, 4.69) is 0 Å². The van der Waals surface area contributed by atoms with Gasteiger partial charge >= 0.3 is 65.1 Å². The Hall–Kier alpha value is 0.700. The summed E-state index contributed by atoms with van der Waals surface area (Å²) in [5, 5.41) is 24.5. The molecular formula is C4H7NNa2O5. The van der Waals surface area contributed by atoms with Crippen molar-refractivity contribution in [2.75, 3.05) is 6.54 Å². The molecule has 0 saturated heterocycles. The van der Waals surface area contributed by atoms with Crippen molar-refractivity contribution in [3.63, 3.8) is 0 Å². The van der Waals surface area contributed by atoms with Crippen LogP contribution in [-0.4, -0.2) is 23.8 Å². The summed E-state index contributed by atoms with van der Waals surface area (Å²) in [6.07, 6.45) is -2.26. The van der Waals surface area contributed by atoms with E-state index in [4.69, 9.17) is 25.8 Å². The van der Waals surface area contributed by atoms with Crippen LogP contribution >= 0.6 is 0 Å². The molecule has 12 heavy (non-hydrogen) atoms. The topological polar surface area (TPSA) is 127 Å². The van der Waals surface area contributed by atoms with Crippen LogP contribution in [0.15, 0.2) is 0 Å². The molecule has 0 aromatic heterocycles. The van der Waals surface area contributed by atoms with Crippen molar-refractivity contribution in [3.8, 4) is 0 Å². The van der Waals surface area contributed by atoms with Gasteiger partial charge in [0.25, 0.3) is 0 Å². The van der Waals surface area contributed by atoms with Gasteiger partial charge in [0.15, 0.2) is 0 Å². The number of carbonyl (C=O) groups excluding carboxylic acids is 1. The summed E-state index contributed by atoms with van der Waals surface area (Å²) in [5.41, 5.74) is 4.85. The predicted molar refractivity (Wildman–Crippen MR) is 26.7 cm³/mol. The molecule has 0 amide bonds. The van der Waals surface area contributed by atoms with Crippen molar-refractivity contribution in [1.29, 1.82) is 0 Å². The second kappa shape index (κ2) is 17.7. The molecule has 3 N–H and O–H groups in total. The van der Waals surface area contributed by atoms with Crippen molar-refractivity contribution in [2.24, 2.45) is 5.73 Å². The molecule has 6 nitrogen and oxygen atoms in total. The van der Waals surface area contributed by atoms with Gasteiger partial charge in [0.05, 0.1) is 6.42 Å². The molecular weight excluding hydrogens is 188 g/mol. The number of aliphatic carboxylic acids is 1. The van der Waals surface area contributed by atoms with Crippen LogP contribution in [0.4, 0.5) is 4.79 Å². The Morgan fingerprint density at radius 2 is 1.50 bits per heavy atom. The maximum atomic E-state index is 9.52. The van der Waals surface area contributed by atoms with E-state index in [1.165, 1.54) is 0 Å². The minimum atomic E-state index is -2.33. The third-order valence-electron chi connectivity index (χ3n) is 0.358. The van der Waals surface area contributed by atoms with Gasteiger partial charge in [-0.15, -0.1) is 0 Å². The number of carbonyl (C=O) groups is 2. The average Bonchev–Trinajstić information content (AvgIpc) is 1.62. The fourth-order valence-electron chi connectivity index (χ4n) is 0.123. The van der Waals surface area contributed by atoms with E-state index in [9.17, 15) is 4.79 Å². The smallest absolute Gasteiger partial charge is 0.652 e. The maximum absolute atomic E-state index is 9.52. The fourth-order valence-corrected chi connectivity index (χ4v) is 0.123. The Kier molecular flexibility index (Phi) is 33.9. The number of rotatable bonds is 2. The van der Waals surface area contributed by atoms with Crippen LogP contribution < -0.4 is 75.1 Å². The molecule has 0 rings (SSSR count). The molecule has 0 spiro atoms. The molecule has 0 heterocycles. The zero-order valence-corrected chi connectivity index (χ0v) is 11.1. The van der Waals surface area contributed by atoms with Crippen LogP contribution in [-0.2, 0) is 4.79 Å². The zero-order valence-electron chi connectivity index (χ0n) is 7.07. The molecule has 60 valence electrons. The van der Waals surface area contributed by atoms with Gasteiger partial charge in [-0.1, -0.05) is 0 Å². The largest absolute Gasteiger partial charge is 1.00 e. The second-order valence-corrected chi connectivity index (χ2v) is 1.18. The second-order valence-electron chi connectivity index (χ2n) is 1.18. The first-order chi connectivity index (χ1) is 4.50. The van der Waals surface area contributed by atoms with E-state index < -0.39 is 12.1 Å². The van der Waals surface area contributed by atoms with E-state index in [1.807, 2.05) is 0 Å². The number of hydrogen-bond acceptors (Lipinski definition) is 5. The van der Waals surface area contributed by atoms with E-state index >= 15 is 0 Å². The van der Waals surface area contributed by atoms with E-state index in [0.717, 1.165) is 0 Å². The minimum absolute atomic E-state index is 0. The predicted octanol–water partition coefficient (Wildman–Crippen LogP) is -9.02. The normalized spacial score (nSPS) is 6.08. The molecule has 0 aromatic rings. The molecule has 0 fully saturated rings. The first-order valence-corrected chi connectivity index (χ1v) is 2.30. The number of carboxylic acid groups (broad SMARTS) is 3. The van der Waals surface area contributed by atoms with Crippen LogP contribution in [0.3, 0.4) is 0 Å². The van der Waals surface area contributed by atoms with Gasteiger partial charge in [-0.25, -0.2) is 0 Å². The summed E-state index contributed by atoms with van der Waals surface area (Å²) in [5.74, 6) is -0.836. The van der Waals surface area contributed by atoms with Crippen LogP contribution in [0.2, 0.25) is 0 Å². The van der Waals surface area contributed by atoms with E-state index in [-0.39, 0.29) is 72.1 Å². The Morgan fingerprint density at radius 3 is 1.50 bits per heavy atom. The standard InChI is InChI=1S/C3H7NO2.CH2O3.2Na/c4-2-1-3(5)6;2-1(3)4;;/h1-2,4H2,(H,5,6);(H2,2,3,4);;/q;;2*+1/p-2. The molecule has 0 aromatic carbocycles. The quantitative estimate of drug-likeness (QED) is 0.421. The monoisotopic (exact) mass is 195 g/mol. The molecule has 8 heteroatoms. The molecule has 0 radical (unpaired) electrons. The molecule has 0 unspecified atom stereocenters. The van der Waals surface area contributed by atoms with Gasteiger partial charge in [-0.3, -0.25) is 4.79 Å². The third-order valence-corrected chi connectivity index (χ3v) is 0.358. The Balaban J connectivity index is -0.0000000483. The maximum Gasteiger partial charge on any atom is 1.00 e. The van der Waals surface area contributed by atoms with Crippen LogP contribution in [0.25, 0.3) is 0 Å². The van der Waals surface area contributed by atoms with E-state index in [0.29, 0.717) is 0 Å². The first-order valence-electron chi connectivity index (χ1n) is 2.30. The SMILES string of the molecule is NCCC(=O)O.O=C([O-])[O-].[Na+].[Na+]. The van der Waals surface area contributed by atoms with Crippen molar-refractivity contribution < 1.29 is 84.0 Å². The van der Waals surface area contributed by atoms with Crippen LogP contribution in [0.1, 0.15) is 6.42 Å². The summed E-state index contributed by atoms with van der Waals surface area (Å²) in [6, 6.07) is 0. The first kappa shape index (κ1) is 23.0. The molecule has 0 aliphatic heterocycles. The Morgan fingerprint density at radius 1 is 1.25 bits per heavy atom. The summed E-state index contributed by atoms with van der Waals surface area (Å²) >= 11 is 0. The number of hydrogen-bond donors (Lipinski definition) is 2. The van der Waals surface area contributed by atoms with Crippen LogP contribution in [0, 0.1) is 0 Å². The molecule has 0 aliphatic rings. The van der Waals surface area contributed by atoms with Crippen molar-refractivity contribution in [1.82, 2.24) is 0 Å². The molecule has 0 bridgehead atoms. The van der Waals surface area contributed by atoms with Gasteiger partial charge < -0.3 is 25.8 Å². The third kappa shape index (κ3) is 73.5. The summed E-state index contributed by atoms with van der Waals surface area (Å²) in [4.78, 5) is 17.9. The number of carboxylic acids is 1. The molecule has 0 saturated carbocycles. The summed E-state index contributed by atoms with van der Waals surface area (Å²) < 4.78 is 0. The fraction of sp³-hybridized carbons (Fsp3) is 0.500. The summed E-state index contributed by atoms with van der Waals surface area (Å²) in [6.45, 7) is 0.231. The van der Waals surface area contributed by atoms with Crippen molar-refractivity contribution in [3.05, 3.63) is 0 Å². The summed E-state index contributed by atoms with van der Waals surface area (Å²) in [7, 11) is 0. The minimum Gasteiger partial charge on any atom is -0.652 e. The zero-order chi connectivity index (χ0) is 8.57. The molecule has 0 aliphatic carbocycles. The van der Waals surface area contributed by atoms with Crippen molar-refractivity contribution >= 4 is 12.1 Å². The Bertz CT molecular complexity index is 116. The van der Waals surface area contributed by atoms with E-state index in [1.54, 1.807) is 0 Å². The van der Waals surface area contributed by atoms with Gasteiger partial charge in [0.1, 0.15) is 0 Å². The number of nitrogens with two attached hydrogens (primary N) is 1. The van der Waals surface area contributed by atoms with Crippen LogP contribution in [0.5, 0.6) is 0 Å². The Labute approximate surface area is 114 Å². The van der Waals surface area contributed by atoms with Gasteiger partial charge in [0, 0.05) is 6.54 Å². The van der Waals surface area contributed by atoms with Gasteiger partial charge in [0.2, 0.25) is 0 Å². The molecule has 0 atom stereocenters. The van der Waals surface area contributed by atoms with Gasteiger partial charge in [-0.05, 0) is 6.16 Å². The van der Waals surface area contributed by atoms with Gasteiger partial charge in [-0.2, -0.15) is 0 Å². The average molecular weight is 195 g/mol.